The Labute approximate surface area is 99.2 Å². The number of hydrogen-bond donors (Lipinski definition) is 1. The second-order valence-electron chi connectivity index (χ2n) is 3.76. The Balaban J connectivity index is 2.10. The number of pyridine rings is 1. The van der Waals surface area contributed by atoms with Gasteiger partial charge in [0.2, 0.25) is 0 Å². The molecule has 2 rings (SSSR count). The maximum Gasteiger partial charge on any atom is 0.323 e. The first-order valence-electron chi connectivity index (χ1n) is 5.55. The highest BCUT2D eigenvalue weighted by atomic mass is 16.5. The molecule has 0 saturated heterocycles. The van der Waals surface area contributed by atoms with Crippen molar-refractivity contribution >= 4 is 11.6 Å². The number of nitrogens with zero attached hydrogens (tertiary/aromatic N) is 2. The second-order valence-corrected chi connectivity index (χ2v) is 3.76. The molecule has 0 bridgehead atoms. The quantitative estimate of drug-likeness (QED) is 0.792. The van der Waals surface area contributed by atoms with Crippen molar-refractivity contribution in [1.29, 1.82) is 0 Å². The molecule has 2 aromatic heterocycles. The van der Waals surface area contributed by atoms with Crippen molar-refractivity contribution in [3.05, 3.63) is 36.3 Å². The van der Waals surface area contributed by atoms with Crippen molar-refractivity contribution in [2.24, 2.45) is 5.73 Å². The first-order chi connectivity index (χ1) is 8.20. The maximum atomic E-state index is 11.4. The topological polar surface area (TPSA) is 69.6 Å². The molecule has 90 valence electrons. The van der Waals surface area contributed by atoms with Gasteiger partial charge in [0.05, 0.1) is 12.3 Å². The van der Waals surface area contributed by atoms with Crippen LogP contribution in [0.4, 0.5) is 0 Å². The molecule has 2 N–H and O–H groups in total. The zero-order valence-corrected chi connectivity index (χ0v) is 9.67. The summed E-state index contributed by atoms with van der Waals surface area (Å²) in [4.78, 5) is 15.8. The third-order valence-corrected chi connectivity index (χ3v) is 2.43. The van der Waals surface area contributed by atoms with Crippen LogP contribution in [0.5, 0.6) is 0 Å². The number of ether oxygens (including phenoxy) is 1. The third-order valence-electron chi connectivity index (χ3n) is 2.43. The van der Waals surface area contributed by atoms with Crippen LogP contribution in [-0.2, 0) is 16.0 Å². The normalized spacial score (nSPS) is 12.6. The van der Waals surface area contributed by atoms with E-state index in [1.54, 1.807) is 6.92 Å². The molecule has 1 atom stereocenters. The number of esters is 1. The molecule has 2 heterocycles. The van der Waals surface area contributed by atoms with Gasteiger partial charge in [-0.25, -0.2) is 4.98 Å². The SMILES string of the molecule is CCOC(=O)C(N)Cc1cn2ccccc2n1. The third kappa shape index (κ3) is 2.62. The molecular formula is C12H15N3O2. The molecule has 0 aliphatic heterocycles. The molecule has 5 heteroatoms. The Morgan fingerprint density at radius 2 is 2.41 bits per heavy atom. The van der Waals surface area contributed by atoms with E-state index in [1.807, 2.05) is 35.0 Å². The molecule has 0 amide bonds. The largest absolute Gasteiger partial charge is 0.465 e. The summed E-state index contributed by atoms with van der Waals surface area (Å²) in [6, 6.07) is 5.08. The summed E-state index contributed by atoms with van der Waals surface area (Å²) in [7, 11) is 0. The Hall–Kier alpha value is -1.88. The van der Waals surface area contributed by atoms with Gasteiger partial charge in [-0.15, -0.1) is 0 Å². The van der Waals surface area contributed by atoms with Crippen molar-refractivity contribution < 1.29 is 9.53 Å². The Morgan fingerprint density at radius 1 is 1.59 bits per heavy atom. The lowest BCUT2D eigenvalue weighted by Crippen LogP contribution is -2.34. The number of hydrogen-bond acceptors (Lipinski definition) is 4. The Morgan fingerprint density at radius 3 is 3.12 bits per heavy atom. The second kappa shape index (κ2) is 4.97. The summed E-state index contributed by atoms with van der Waals surface area (Å²) >= 11 is 0. The van der Waals surface area contributed by atoms with Crippen LogP contribution in [-0.4, -0.2) is 28.0 Å². The molecule has 2 aromatic rings. The molecule has 0 aromatic carbocycles. The van der Waals surface area contributed by atoms with Gasteiger partial charge in [-0.3, -0.25) is 4.79 Å². The van der Waals surface area contributed by atoms with Crippen LogP contribution in [0.15, 0.2) is 30.6 Å². The van der Waals surface area contributed by atoms with E-state index in [2.05, 4.69) is 4.98 Å². The molecule has 0 radical (unpaired) electrons. The van der Waals surface area contributed by atoms with E-state index < -0.39 is 6.04 Å². The zero-order chi connectivity index (χ0) is 12.3. The summed E-state index contributed by atoms with van der Waals surface area (Å²) < 4.78 is 6.75. The van der Waals surface area contributed by atoms with Crippen molar-refractivity contribution in [3.8, 4) is 0 Å². The fourth-order valence-corrected chi connectivity index (χ4v) is 1.64. The first-order valence-corrected chi connectivity index (χ1v) is 5.55. The van der Waals surface area contributed by atoms with Gasteiger partial charge in [0.15, 0.2) is 0 Å². The van der Waals surface area contributed by atoms with Crippen LogP contribution in [0.3, 0.4) is 0 Å². The van der Waals surface area contributed by atoms with E-state index in [9.17, 15) is 4.79 Å². The first kappa shape index (κ1) is 11.6. The number of carbonyl (C=O) groups is 1. The van der Waals surface area contributed by atoms with Gasteiger partial charge >= 0.3 is 5.97 Å². The average Bonchev–Trinajstić information content (AvgIpc) is 2.71. The molecule has 0 spiro atoms. The van der Waals surface area contributed by atoms with Crippen molar-refractivity contribution in [3.63, 3.8) is 0 Å². The maximum absolute atomic E-state index is 11.4. The zero-order valence-electron chi connectivity index (χ0n) is 9.67. The van der Waals surface area contributed by atoms with Crippen molar-refractivity contribution in [2.45, 2.75) is 19.4 Å². The van der Waals surface area contributed by atoms with Crippen LogP contribution >= 0.6 is 0 Å². The fourth-order valence-electron chi connectivity index (χ4n) is 1.64. The predicted molar refractivity (Wildman–Crippen MR) is 63.5 cm³/mol. The van der Waals surface area contributed by atoms with Crippen molar-refractivity contribution in [2.75, 3.05) is 6.61 Å². The molecule has 0 aliphatic carbocycles. The standard InChI is InChI=1S/C12H15N3O2/c1-2-17-12(16)10(13)7-9-8-15-6-4-3-5-11(15)14-9/h3-6,8,10H,2,7,13H2,1H3. The smallest absolute Gasteiger partial charge is 0.323 e. The fraction of sp³-hybridized carbons (Fsp3) is 0.333. The van der Waals surface area contributed by atoms with Crippen LogP contribution in [0.1, 0.15) is 12.6 Å². The minimum atomic E-state index is -0.653. The van der Waals surface area contributed by atoms with Crippen LogP contribution in [0, 0.1) is 0 Å². The number of rotatable bonds is 4. The van der Waals surface area contributed by atoms with Crippen LogP contribution in [0.25, 0.3) is 5.65 Å². The monoisotopic (exact) mass is 233 g/mol. The predicted octanol–water partition coefficient (Wildman–Crippen LogP) is 0.767. The van der Waals surface area contributed by atoms with Crippen LogP contribution in [0.2, 0.25) is 0 Å². The van der Waals surface area contributed by atoms with Crippen molar-refractivity contribution in [1.82, 2.24) is 9.38 Å². The van der Waals surface area contributed by atoms with E-state index >= 15 is 0 Å². The molecule has 0 fully saturated rings. The van der Waals surface area contributed by atoms with Crippen LogP contribution < -0.4 is 5.73 Å². The van der Waals surface area contributed by atoms with E-state index in [0.29, 0.717) is 13.0 Å². The Bertz CT molecular complexity index is 488. The molecule has 0 saturated carbocycles. The lowest BCUT2D eigenvalue weighted by Gasteiger charge is -2.08. The highest BCUT2D eigenvalue weighted by molar-refractivity contribution is 5.75. The van der Waals surface area contributed by atoms with E-state index in [1.165, 1.54) is 0 Å². The lowest BCUT2D eigenvalue weighted by atomic mass is 10.2. The van der Waals surface area contributed by atoms with Gasteiger partial charge < -0.3 is 14.9 Å². The van der Waals surface area contributed by atoms with E-state index in [-0.39, 0.29) is 5.97 Å². The van der Waals surface area contributed by atoms with Gasteiger partial charge in [0.25, 0.3) is 0 Å². The summed E-state index contributed by atoms with van der Waals surface area (Å²) in [5.74, 6) is -0.385. The van der Waals surface area contributed by atoms with Gasteiger partial charge in [-0.1, -0.05) is 6.07 Å². The average molecular weight is 233 g/mol. The van der Waals surface area contributed by atoms with E-state index in [4.69, 9.17) is 10.5 Å². The molecule has 0 aliphatic rings. The Kier molecular flexibility index (Phi) is 3.39. The molecular weight excluding hydrogens is 218 g/mol. The summed E-state index contributed by atoms with van der Waals surface area (Å²) in [5.41, 5.74) is 7.37. The highest BCUT2D eigenvalue weighted by Gasteiger charge is 2.16. The summed E-state index contributed by atoms with van der Waals surface area (Å²) in [6.07, 6.45) is 4.16. The van der Waals surface area contributed by atoms with Gasteiger partial charge in [-0.2, -0.15) is 0 Å². The number of nitrogens with two attached hydrogens (primary N) is 1. The van der Waals surface area contributed by atoms with Gasteiger partial charge in [0.1, 0.15) is 11.7 Å². The van der Waals surface area contributed by atoms with Gasteiger partial charge in [0, 0.05) is 18.8 Å². The molecule has 5 nitrogen and oxygen atoms in total. The highest BCUT2D eigenvalue weighted by Crippen LogP contribution is 2.06. The number of aromatic nitrogens is 2. The van der Waals surface area contributed by atoms with E-state index in [0.717, 1.165) is 11.3 Å². The summed E-state index contributed by atoms with van der Waals surface area (Å²) in [6.45, 7) is 2.10. The molecule has 17 heavy (non-hydrogen) atoms. The lowest BCUT2D eigenvalue weighted by molar-refractivity contribution is -0.144. The minimum absolute atomic E-state index is 0.345. The minimum Gasteiger partial charge on any atom is -0.465 e. The van der Waals surface area contributed by atoms with Gasteiger partial charge in [-0.05, 0) is 19.1 Å². The number of imidazole rings is 1. The molecule has 1 unspecified atom stereocenters. The summed E-state index contributed by atoms with van der Waals surface area (Å²) in [5, 5.41) is 0. The number of carbonyl (C=O) groups excluding carboxylic acids is 1. The number of fused-ring (bicyclic) bond motifs is 1.